The Hall–Kier alpha value is -2.96. The molecule has 1 aromatic carbocycles. The zero-order valence-electron chi connectivity index (χ0n) is 11.5. The lowest BCUT2D eigenvalue weighted by Crippen LogP contribution is -2.24. The van der Waals surface area contributed by atoms with Crippen molar-refractivity contribution in [1.82, 2.24) is 14.9 Å². The Kier molecular flexibility index (Phi) is 2.83. The molecule has 3 rings (SSSR count). The smallest absolute Gasteiger partial charge is 0.261 e. The Morgan fingerprint density at radius 3 is 2.62 bits per heavy atom. The van der Waals surface area contributed by atoms with Crippen LogP contribution < -0.4 is 11.1 Å². The first-order valence-electron chi connectivity index (χ1n) is 6.29. The average Bonchev–Trinajstić information content (AvgIpc) is 2.69. The molecule has 1 aliphatic heterocycles. The minimum atomic E-state index is -0.308. The number of imide groups is 1. The second-order valence-electron chi connectivity index (χ2n) is 4.79. The first-order valence-corrected chi connectivity index (χ1v) is 6.29. The molecule has 0 aliphatic carbocycles. The second-order valence-corrected chi connectivity index (χ2v) is 4.79. The Morgan fingerprint density at radius 1 is 1.14 bits per heavy atom. The summed E-state index contributed by atoms with van der Waals surface area (Å²) in [6.07, 6.45) is 1.36. The number of nitrogen functional groups attached to an aromatic ring is 1. The van der Waals surface area contributed by atoms with Crippen molar-refractivity contribution in [3.63, 3.8) is 0 Å². The quantitative estimate of drug-likeness (QED) is 0.806. The van der Waals surface area contributed by atoms with E-state index in [2.05, 4.69) is 15.3 Å². The molecule has 21 heavy (non-hydrogen) atoms. The van der Waals surface area contributed by atoms with Crippen molar-refractivity contribution in [3.8, 4) is 0 Å². The van der Waals surface area contributed by atoms with Crippen LogP contribution in [0.5, 0.6) is 0 Å². The maximum atomic E-state index is 12.0. The molecule has 0 spiro atoms. The predicted molar refractivity (Wildman–Crippen MR) is 77.3 cm³/mol. The van der Waals surface area contributed by atoms with Gasteiger partial charge >= 0.3 is 0 Å². The van der Waals surface area contributed by atoms with E-state index in [0.29, 0.717) is 28.5 Å². The van der Waals surface area contributed by atoms with Crippen molar-refractivity contribution >= 4 is 29.1 Å². The van der Waals surface area contributed by atoms with Gasteiger partial charge in [-0.25, -0.2) is 9.97 Å². The van der Waals surface area contributed by atoms with Gasteiger partial charge in [-0.05, 0) is 25.1 Å². The molecule has 1 aromatic heterocycles. The van der Waals surface area contributed by atoms with Gasteiger partial charge < -0.3 is 11.1 Å². The van der Waals surface area contributed by atoms with Gasteiger partial charge in [0.1, 0.15) is 18.0 Å². The summed E-state index contributed by atoms with van der Waals surface area (Å²) in [5.41, 5.74) is 7.90. The minimum absolute atomic E-state index is 0.288. The highest BCUT2D eigenvalue weighted by molar-refractivity contribution is 6.21. The summed E-state index contributed by atoms with van der Waals surface area (Å²) >= 11 is 0. The summed E-state index contributed by atoms with van der Waals surface area (Å²) in [6.45, 7) is 1.80. The fraction of sp³-hybridized carbons (Fsp3) is 0.143. The topological polar surface area (TPSA) is 101 Å². The molecule has 0 bridgehead atoms. The third kappa shape index (κ3) is 1.99. The van der Waals surface area contributed by atoms with E-state index in [-0.39, 0.29) is 11.8 Å². The van der Waals surface area contributed by atoms with E-state index in [0.717, 1.165) is 10.5 Å². The molecule has 3 N–H and O–H groups in total. The molecule has 7 nitrogen and oxygen atoms in total. The van der Waals surface area contributed by atoms with Crippen LogP contribution in [0.2, 0.25) is 0 Å². The zero-order valence-corrected chi connectivity index (χ0v) is 11.5. The van der Waals surface area contributed by atoms with Crippen LogP contribution in [0.15, 0.2) is 24.5 Å². The normalized spacial score (nSPS) is 13.5. The monoisotopic (exact) mass is 283 g/mol. The molecule has 0 saturated carbocycles. The molecular weight excluding hydrogens is 270 g/mol. The average molecular weight is 283 g/mol. The number of amides is 2. The highest BCUT2D eigenvalue weighted by Gasteiger charge is 2.32. The Balaban J connectivity index is 1.98. The Bertz CT molecular complexity index is 772. The van der Waals surface area contributed by atoms with Crippen LogP contribution in [-0.4, -0.2) is 33.7 Å². The lowest BCUT2D eigenvalue weighted by atomic mass is 10.1. The van der Waals surface area contributed by atoms with Crippen LogP contribution in [0, 0.1) is 6.92 Å². The van der Waals surface area contributed by atoms with Crippen molar-refractivity contribution in [2.75, 3.05) is 18.1 Å². The number of anilines is 3. The molecule has 0 saturated heterocycles. The van der Waals surface area contributed by atoms with Crippen LogP contribution >= 0.6 is 0 Å². The van der Waals surface area contributed by atoms with Crippen molar-refractivity contribution in [2.24, 2.45) is 0 Å². The van der Waals surface area contributed by atoms with E-state index in [1.54, 1.807) is 25.1 Å². The van der Waals surface area contributed by atoms with Gasteiger partial charge in [0.15, 0.2) is 0 Å². The van der Waals surface area contributed by atoms with Crippen molar-refractivity contribution in [3.05, 3.63) is 41.2 Å². The summed E-state index contributed by atoms with van der Waals surface area (Å²) in [4.78, 5) is 32.9. The number of fused-ring (bicyclic) bond motifs is 1. The first kappa shape index (κ1) is 13.0. The number of hydrogen-bond acceptors (Lipinski definition) is 6. The summed E-state index contributed by atoms with van der Waals surface area (Å²) in [5, 5.41) is 3.08. The lowest BCUT2D eigenvalue weighted by Gasteiger charge is -2.09. The maximum Gasteiger partial charge on any atom is 0.261 e. The summed E-state index contributed by atoms with van der Waals surface area (Å²) in [5.74, 6) is 0.355. The van der Waals surface area contributed by atoms with E-state index in [1.165, 1.54) is 13.4 Å². The minimum Gasteiger partial charge on any atom is -0.383 e. The van der Waals surface area contributed by atoms with Gasteiger partial charge in [0.25, 0.3) is 11.8 Å². The highest BCUT2D eigenvalue weighted by Crippen LogP contribution is 2.27. The number of nitrogens with zero attached hydrogens (tertiary/aromatic N) is 3. The number of hydrogen-bond donors (Lipinski definition) is 2. The SMILES string of the molecule is Cc1c(N)ncnc1Nc1ccc2c(c1)C(=O)N(C)C2=O. The number of carbonyl (C=O) groups excluding carboxylic acids is 2. The van der Waals surface area contributed by atoms with Gasteiger partial charge in [-0.2, -0.15) is 0 Å². The van der Waals surface area contributed by atoms with Crippen LogP contribution in [0.4, 0.5) is 17.3 Å². The number of carbonyl (C=O) groups is 2. The van der Waals surface area contributed by atoms with Crippen LogP contribution in [-0.2, 0) is 0 Å². The molecule has 0 unspecified atom stereocenters. The third-order valence-corrected chi connectivity index (χ3v) is 3.48. The van der Waals surface area contributed by atoms with Crippen molar-refractivity contribution < 1.29 is 9.59 Å². The number of nitrogens with two attached hydrogens (primary N) is 1. The molecule has 106 valence electrons. The number of aromatic nitrogens is 2. The Morgan fingerprint density at radius 2 is 1.86 bits per heavy atom. The van der Waals surface area contributed by atoms with E-state index in [1.807, 2.05) is 0 Å². The fourth-order valence-electron chi connectivity index (χ4n) is 2.17. The molecule has 0 atom stereocenters. The molecular formula is C14H13N5O2. The summed E-state index contributed by atoms with van der Waals surface area (Å²) in [7, 11) is 1.47. The zero-order chi connectivity index (χ0) is 15.1. The van der Waals surface area contributed by atoms with Gasteiger partial charge in [0, 0.05) is 18.3 Å². The van der Waals surface area contributed by atoms with Gasteiger partial charge in [0.2, 0.25) is 0 Å². The molecule has 0 radical (unpaired) electrons. The van der Waals surface area contributed by atoms with Gasteiger partial charge in [0.05, 0.1) is 11.1 Å². The largest absolute Gasteiger partial charge is 0.383 e. The number of rotatable bonds is 2. The molecule has 2 amide bonds. The number of nitrogens with one attached hydrogen (secondary N) is 1. The molecule has 1 aliphatic rings. The van der Waals surface area contributed by atoms with E-state index < -0.39 is 0 Å². The molecule has 2 heterocycles. The standard InChI is InChI=1S/C14H13N5O2/c1-7-11(15)16-6-17-12(7)18-8-3-4-9-10(5-8)14(21)19(2)13(9)20/h3-6H,1-2H3,(H3,15,16,17,18). The summed E-state index contributed by atoms with van der Waals surface area (Å²) in [6, 6.07) is 4.99. The molecule has 0 fully saturated rings. The van der Waals surface area contributed by atoms with Crippen LogP contribution in [0.25, 0.3) is 0 Å². The highest BCUT2D eigenvalue weighted by atomic mass is 16.2. The van der Waals surface area contributed by atoms with Crippen molar-refractivity contribution in [1.29, 1.82) is 0 Å². The second kappa shape index (κ2) is 4.55. The fourth-order valence-corrected chi connectivity index (χ4v) is 2.17. The van der Waals surface area contributed by atoms with Gasteiger partial charge in [-0.1, -0.05) is 0 Å². The van der Waals surface area contributed by atoms with Gasteiger partial charge in [-0.15, -0.1) is 0 Å². The van der Waals surface area contributed by atoms with Crippen LogP contribution in [0.3, 0.4) is 0 Å². The number of benzene rings is 1. The van der Waals surface area contributed by atoms with E-state index >= 15 is 0 Å². The maximum absolute atomic E-state index is 12.0. The molecule has 7 heteroatoms. The predicted octanol–water partition coefficient (Wildman–Crippen LogP) is 1.34. The Labute approximate surface area is 120 Å². The van der Waals surface area contributed by atoms with Crippen molar-refractivity contribution in [2.45, 2.75) is 6.92 Å². The van der Waals surface area contributed by atoms with Gasteiger partial charge in [-0.3, -0.25) is 14.5 Å². The van der Waals surface area contributed by atoms with E-state index in [9.17, 15) is 9.59 Å². The van der Waals surface area contributed by atoms with Crippen LogP contribution in [0.1, 0.15) is 26.3 Å². The van der Waals surface area contributed by atoms with E-state index in [4.69, 9.17) is 5.73 Å². The first-order chi connectivity index (χ1) is 9.99. The third-order valence-electron chi connectivity index (χ3n) is 3.48. The lowest BCUT2D eigenvalue weighted by molar-refractivity contribution is 0.0693. The molecule has 2 aromatic rings. The summed E-state index contributed by atoms with van der Waals surface area (Å²) < 4.78 is 0.